The fraction of sp³-hybridized carbons (Fsp3) is 0.333. The Morgan fingerprint density at radius 3 is 2.38 bits per heavy atom. The van der Waals surface area contributed by atoms with Crippen molar-refractivity contribution in [1.29, 1.82) is 0 Å². The summed E-state index contributed by atoms with van der Waals surface area (Å²) in [5.41, 5.74) is 1.90. The van der Waals surface area contributed by atoms with Gasteiger partial charge in [0.15, 0.2) is 5.82 Å². The fourth-order valence-electron chi connectivity index (χ4n) is 2.67. The van der Waals surface area contributed by atoms with Gasteiger partial charge in [0.05, 0.1) is 19.3 Å². The van der Waals surface area contributed by atoms with Crippen LogP contribution in [-0.4, -0.2) is 9.97 Å². The zero-order valence-corrected chi connectivity index (χ0v) is 15.5. The number of hydrogen-bond acceptors (Lipinski definition) is 2. The van der Waals surface area contributed by atoms with Crippen molar-refractivity contribution < 1.29 is 0 Å². The van der Waals surface area contributed by atoms with Crippen molar-refractivity contribution in [2.45, 2.75) is 31.6 Å². The Hall–Kier alpha value is -0.100. The van der Waals surface area contributed by atoms with E-state index in [4.69, 9.17) is 39.8 Å². The van der Waals surface area contributed by atoms with E-state index in [1.54, 1.807) is 12.1 Å². The number of benzene rings is 1. The van der Waals surface area contributed by atoms with E-state index in [9.17, 15) is 0 Å². The third kappa shape index (κ3) is 3.31. The van der Waals surface area contributed by atoms with Gasteiger partial charge in [-0.2, -0.15) is 0 Å². The highest BCUT2D eigenvalue weighted by molar-refractivity contribution is 14.1. The van der Waals surface area contributed by atoms with Crippen molar-refractivity contribution in [3.05, 3.63) is 42.7 Å². The average molecular weight is 454 g/mol. The maximum atomic E-state index is 6.30. The van der Waals surface area contributed by atoms with Gasteiger partial charge < -0.3 is 0 Å². The highest BCUT2D eigenvalue weighted by Gasteiger charge is 2.23. The molecule has 1 fully saturated rings. The molecule has 0 saturated heterocycles. The molecule has 0 aliphatic heterocycles. The minimum absolute atomic E-state index is 0.485. The second-order valence-corrected chi connectivity index (χ2v) is 7.40. The molecule has 1 aromatic heterocycles. The average Bonchev–Trinajstić information content (AvgIpc) is 2.98. The van der Waals surface area contributed by atoms with E-state index in [1.165, 1.54) is 25.7 Å². The Kier molecular flexibility index (Phi) is 4.94. The van der Waals surface area contributed by atoms with Gasteiger partial charge in [-0.05, 0) is 53.6 Å². The quantitative estimate of drug-likeness (QED) is 0.390. The molecule has 110 valence electrons. The lowest BCUT2D eigenvalue weighted by Crippen LogP contribution is -2.04. The molecule has 0 radical (unpaired) electrons. The Labute approximate surface area is 152 Å². The molecule has 3 rings (SSSR count). The van der Waals surface area contributed by atoms with Crippen molar-refractivity contribution in [3.8, 4) is 11.4 Å². The Bertz CT molecular complexity index is 685. The summed E-state index contributed by atoms with van der Waals surface area (Å²) in [5.74, 6) is 1.10. The third-order valence-electron chi connectivity index (χ3n) is 3.76. The SMILES string of the molecule is Clc1ccc(-c2nc(Cl)c(I)c(C3CCCC3)n2)cc1Cl. The molecule has 0 unspecified atom stereocenters. The van der Waals surface area contributed by atoms with Crippen LogP contribution >= 0.6 is 57.4 Å². The number of aromatic nitrogens is 2. The molecule has 1 saturated carbocycles. The van der Waals surface area contributed by atoms with Gasteiger partial charge in [0.1, 0.15) is 5.15 Å². The summed E-state index contributed by atoms with van der Waals surface area (Å²) < 4.78 is 0.963. The first kappa shape index (κ1) is 15.8. The minimum Gasteiger partial charge on any atom is -0.232 e. The van der Waals surface area contributed by atoms with Gasteiger partial charge in [-0.1, -0.05) is 47.6 Å². The molecular weight excluding hydrogens is 441 g/mol. The Balaban J connectivity index is 2.08. The standard InChI is InChI=1S/C15H12Cl3IN2/c16-10-6-5-9(7-11(10)17)15-20-13(8-3-1-2-4-8)12(19)14(18)21-15/h5-8H,1-4H2. The van der Waals surface area contributed by atoms with Gasteiger partial charge in [0.2, 0.25) is 0 Å². The second-order valence-electron chi connectivity index (χ2n) is 5.15. The molecule has 0 bridgehead atoms. The first-order valence-corrected chi connectivity index (χ1v) is 8.96. The van der Waals surface area contributed by atoms with Crippen LogP contribution in [0.3, 0.4) is 0 Å². The Morgan fingerprint density at radius 2 is 1.71 bits per heavy atom. The van der Waals surface area contributed by atoms with Crippen molar-refractivity contribution in [2.24, 2.45) is 0 Å². The molecule has 0 amide bonds. The molecule has 1 aliphatic rings. The predicted molar refractivity (Wildman–Crippen MR) is 96.4 cm³/mol. The molecule has 1 heterocycles. The van der Waals surface area contributed by atoms with E-state index >= 15 is 0 Å². The fourth-order valence-corrected chi connectivity index (χ4v) is 3.83. The van der Waals surface area contributed by atoms with Crippen molar-refractivity contribution >= 4 is 57.4 Å². The van der Waals surface area contributed by atoms with E-state index in [2.05, 4.69) is 27.6 Å². The zero-order chi connectivity index (χ0) is 15.0. The molecule has 2 nitrogen and oxygen atoms in total. The largest absolute Gasteiger partial charge is 0.232 e. The molecule has 21 heavy (non-hydrogen) atoms. The molecule has 0 spiro atoms. The molecule has 1 aliphatic carbocycles. The monoisotopic (exact) mass is 452 g/mol. The van der Waals surface area contributed by atoms with Crippen LogP contribution in [-0.2, 0) is 0 Å². The number of nitrogens with zero attached hydrogens (tertiary/aromatic N) is 2. The van der Waals surface area contributed by atoms with Crippen molar-refractivity contribution in [2.75, 3.05) is 0 Å². The maximum Gasteiger partial charge on any atom is 0.161 e. The number of halogens is 4. The Morgan fingerprint density at radius 1 is 1.00 bits per heavy atom. The van der Waals surface area contributed by atoms with Crippen LogP contribution in [0.2, 0.25) is 15.2 Å². The molecule has 0 atom stereocenters. The normalized spacial score (nSPS) is 15.6. The summed E-state index contributed by atoms with van der Waals surface area (Å²) in [6, 6.07) is 5.40. The number of hydrogen-bond donors (Lipinski definition) is 0. The van der Waals surface area contributed by atoms with Crippen LogP contribution < -0.4 is 0 Å². The van der Waals surface area contributed by atoms with E-state index in [0.29, 0.717) is 26.9 Å². The van der Waals surface area contributed by atoms with Crippen LogP contribution in [0.5, 0.6) is 0 Å². The topological polar surface area (TPSA) is 25.8 Å². The number of rotatable bonds is 2. The second kappa shape index (κ2) is 6.57. The molecule has 1 aromatic carbocycles. The predicted octanol–water partition coefficient (Wildman–Crippen LogP) is 6.37. The highest BCUT2D eigenvalue weighted by atomic mass is 127. The first-order valence-electron chi connectivity index (χ1n) is 6.74. The van der Waals surface area contributed by atoms with E-state index in [1.807, 2.05) is 6.07 Å². The lowest BCUT2D eigenvalue weighted by molar-refractivity contribution is 0.690. The van der Waals surface area contributed by atoms with Gasteiger partial charge >= 0.3 is 0 Å². The van der Waals surface area contributed by atoms with Gasteiger partial charge in [-0.25, -0.2) is 9.97 Å². The third-order valence-corrected chi connectivity index (χ3v) is 6.15. The van der Waals surface area contributed by atoms with Crippen LogP contribution in [0.4, 0.5) is 0 Å². The van der Waals surface area contributed by atoms with Crippen molar-refractivity contribution in [3.63, 3.8) is 0 Å². The molecule has 0 N–H and O–H groups in total. The summed E-state index contributed by atoms with van der Waals surface area (Å²) in [7, 11) is 0. The van der Waals surface area contributed by atoms with Gasteiger partial charge in [0.25, 0.3) is 0 Å². The van der Waals surface area contributed by atoms with Crippen LogP contribution in [0.25, 0.3) is 11.4 Å². The van der Waals surface area contributed by atoms with E-state index in [0.717, 1.165) is 14.8 Å². The van der Waals surface area contributed by atoms with Crippen LogP contribution in [0.15, 0.2) is 18.2 Å². The summed E-state index contributed by atoms with van der Waals surface area (Å²) in [6.07, 6.45) is 4.85. The lowest BCUT2D eigenvalue weighted by atomic mass is 10.0. The lowest BCUT2D eigenvalue weighted by Gasteiger charge is -2.13. The summed E-state index contributed by atoms with van der Waals surface area (Å²) in [6.45, 7) is 0. The van der Waals surface area contributed by atoms with E-state index in [-0.39, 0.29) is 0 Å². The summed E-state index contributed by atoms with van der Waals surface area (Å²) in [4.78, 5) is 9.14. The highest BCUT2D eigenvalue weighted by Crippen LogP contribution is 2.38. The molecule has 6 heteroatoms. The van der Waals surface area contributed by atoms with Crippen LogP contribution in [0, 0.1) is 3.57 Å². The first-order chi connectivity index (χ1) is 10.1. The van der Waals surface area contributed by atoms with E-state index < -0.39 is 0 Å². The zero-order valence-electron chi connectivity index (χ0n) is 11.0. The maximum absolute atomic E-state index is 6.30. The summed E-state index contributed by atoms with van der Waals surface area (Å²) >= 11 is 20.6. The van der Waals surface area contributed by atoms with Crippen molar-refractivity contribution in [1.82, 2.24) is 9.97 Å². The molecular formula is C15H12Cl3IN2. The van der Waals surface area contributed by atoms with Gasteiger partial charge in [0, 0.05) is 11.5 Å². The summed E-state index contributed by atoms with van der Waals surface area (Å²) in [5, 5.41) is 1.52. The van der Waals surface area contributed by atoms with Gasteiger partial charge in [-0.3, -0.25) is 0 Å². The smallest absolute Gasteiger partial charge is 0.161 e. The molecule has 2 aromatic rings. The minimum atomic E-state index is 0.485. The van der Waals surface area contributed by atoms with Crippen LogP contribution in [0.1, 0.15) is 37.3 Å². The van der Waals surface area contributed by atoms with Gasteiger partial charge in [-0.15, -0.1) is 0 Å².